The van der Waals surface area contributed by atoms with E-state index >= 15 is 0 Å². The van der Waals surface area contributed by atoms with Crippen LogP contribution in [-0.2, 0) is 13.1 Å². The SMILES string of the molecule is CC(O)c1nc(Cn2nc(-c3ccc(Cl)cc3)n(C[C@H](O)C(F)(F)F)c2=O)nn1-c1cccc(Cl)c1F. The van der Waals surface area contributed by atoms with Crippen molar-refractivity contribution in [2.75, 3.05) is 0 Å². The van der Waals surface area contributed by atoms with Gasteiger partial charge in [-0.1, -0.05) is 29.3 Å². The number of benzene rings is 2. The second kappa shape index (κ2) is 10.2. The smallest absolute Gasteiger partial charge is 0.385 e. The summed E-state index contributed by atoms with van der Waals surface area (Å²) in [5, 5.41) is 28.2. The van der Waals surface area contributed by atoms with Crippen LogP contribution in [0.15, 0.2) is 47.3 Å². The highest BCUT2D eigenvalue weighted by Crippen LogP contribution is 2.26. The van der Waals surface area contributed by atoms with Crippen molar-refractivity contribution in [3.05, 3.63) is 80.5 Å². The van der Waals surface area contributed by atoms with Crippen molar-refractivity contribution in [3.63, 3.8) is 0 Å². The lowest BCUT2D eigenvalue weighted by molar-refractivity contribution is -0.207. The molecule has 2 heterocycles. The van der Waals surface area contributed by atoms with Crippen molar-refractivity contribution in [3.8, 4) is 17.1 Å². The van der Waals surface area contributed by atoms with E-state index in [2.05, 4.69) is 15.2 Å². The Morgan fingerprint density at radius 1 is 1.05 bits per heavy atom. The van der Waals surface area contributed by atoms with Crippen molar-refractivity contribution in [1.82, 2.24) is 29.1 Å². The van der Waals surface area contributed by atoms with Crippen molar-refractivity contribution in [2.45, 2.75) is 38.4 Å². The Morgan fingerprint density at radius 3 is 2.35 bits per heavy atom. The molecule has 0 spiro atoms. The molecule has 0 aliphatic rings. The molecular weight excluding hydrogens is 543 g/mol. The molecule has 0 saturated heterocycles. The van der Waals surface area contributed by atoms with Crippen LogP contribution >= 0.6 is 23.2 Å². The number of rotatable bonds is 7. The molecule has 0 fully saturated rings. The molecule has 15 heteroatoms. The second-order valence-corrected chi connectivity index (χ2v) is 8.83. The van der Waals surface area contributed by atoms with Crippen LogP contribution in [-0.4, -0.2) is 51.6 Å². The normalized spacial score (nSPS) is 13.6. The minimum Gasteiger partial charge on any atom is -0.385 e. The summed E-state index contributed by atoms with van der Waals surface area (Å²) in [6, 6.07) is 9.95. The Morgan fingerprint density at radius 2 is 1.73 bits per heavy atom. The predicted octanol–water partition coefficient (Wildman–Crippen LogP) is 3.76. The van der Waals surface area contributed by atoms with Crippen molar-refractivity contribution < 1.29 is 27.8 Å². The van der Waals surface area contributed by atoms with Gasteiger partial charge in [-0.25, -0.2) is 23.5 Å². The maximum absolute atomic E-state index is 14.6. The van der Waals surface area contributed by atoms with Gasteiger partial charge in [0.2, 0.25) is 0 Å². The summed E-state index contributed by atoms with van der Waals surface area (Å²) in [4.78, 5) is 17.2. The van der Waals surface area contributed by atoms with E-state index in [1.165, 1.54) is 49.4 Å². The fourth-order valence-electron chi connectivity index (χ4n) is 3.47. The van der Waals surface area contributed by atoms with E-state index in [-0.39, 0.29) is 33.7 Å². The third kappa shape index (κ3) is 5.54. The molecule has 37 heavy (non-hydrogen) atoms. The number of alkyl halides is 3. The van der Waals surface area contributed by atoms with Crippen LogP contribution < -0.4 is 5.69 Å². The Balaban J connectivity index is 1.79. The summed E-state index contributed by atoms with van der Waals surface area (Å²) >= 11 is 11.7. The minimum atomic E-state index is -4.98. The first-order chi connectivity index (χ1) is 17.4. The third-order valence-electron chi connectivity index (χ3n) is 5.26. The molecule has 0 bridgehead atoms. The average molecular weight is 561 g/mol. The number of aliphatic hydroxyl groups excluding tert-OH is 2. The van der Waals surface area contributed by atoms with E-state index < -0.39 is 43.0 Å². The van der Waals surface area contributed by atoms with Gasteiger partial charge in [-0.15, -0.1) is 10.2 Å². The van der Waals surface area contributed by atoms with Crippen molar-refractivity contribution in [2.24, 2.45) is 0 Å². The van der Waals surface area contributed by atoms with Gasteiger partial charge in [0, 0.05) is 10.6 Å². The van der Waals surface area contributed by atoms with Gasteiger partial charge in [-0.2, -0.15) is 13.2 Å². The van der Waals surface area contributed by atoms with Gasteiger partial charge in [0.05, 0.1) is 11.6 Å². The highest BCUT2D eigenvalue weighted by atomic mass is 35.5. The van der Waals surface area contributed by atoms with Crippen LogP contribution in [0, 0.1) is 5.82 Å². The summed E-state index contributed by atoms with van der Waals surface area (Å²) in [7, 11) is 0. The van der Waals surface area contributed by atoms with Crippen LogP contribution in [0.5, 0.6) is 0 Å². The number of aromatic nitrogens is 6. The zero-order valence-electron chi connectivity index (χ0n) is 18.9. The van der Waals surface area contributed by atoms with Gasteiger partial charge >= 0.3 is 11.9 Å². The summed E-state index contributed by atoms with van der Waals surface area (Å²) in [6.07, 6.45) is -9.02. The van der Waals surface area contributed by atoms with Crippen LogP contribution in [0.3, 0.4) is 0 Å². The summed E-state index contributed by atoms with van der Waals surface area (Å²) in [5.74, 6) is -1.16. The van der Waals surface area contributed by atoms with Crippen LogP contribution in [0.25, 0.3) is 17.1 Å². The number of hydrogen-bond acceptors (Lipinski definition) is 6. The lowest BCUT2D eigenvalue weighted by atomic mass is 10.2. The van der Waals surface area contributed by atoms with E-state index in [1.807, 2.05) is 0 Å². The van der Waals surface area contributed by atoms with E-state index in [1.54, 1.807) is 0 Å². The average Bonchev–Trinajstić information content (AvgIpc) is 3.38. The van der Waals surface area contributed by atoms with Crippen LogP contribution in [0.1, 0.15) is 24.7 Å². The van der Waals surface area contributed by atoms with Crippen molar-refractivity contribution >= 4 is 23.2 Å². The number of aliphatic hydroxyl groups is 2. The van der Waals surface area contributed by atoms with E-state index in [0.29, 0.717) is 9.59 Å². The first-order valence-corrected chi connectivity index (χ1v) is 11.4. The molecule has 0 aliphatic carbocycles. The number of halogens is 6. The molecule has 2 aromatic carbocycles. The summed E-state index contributed by atoms with van der Waals surface area (Å²) < 4.78 is 56.3. The molecule has 0 aliphatic heterocycles. The molecule has 0 amide bonds. The zero-order chi connectivity index (χ0) is 27.1. The monoisotopic (exact) mass is 560 g/mol. The lowest BCUT2D eigenvalue weighted by Crippen LogP contribution is -2.37. The molecule has 9 nitrogen and oxygen atoms in total. The van der Waals surface area contributed by atoms with Gasteiger partial charge in [0.25, 0.3) is 0 Å². The molecule has 2 atom stereocenters. The van der Waals surface area contributed by atoms with Gasteiger partial charge in [-0.05, 0) is 43.3 Å². The molecule has 2 aromatic heterocycles. The Kier molecular flexibility index (Phi) is 7.42. The maximum Gasteiger partial charge on any atom is 0.416 e. The third-order valence-corrected chi connectivity index (χ3v) is 5.80. The van der Waals surface area contributed by atoms with E-state index in [4.69, 9.17) is 23.2 Å². The predicted molar refractivity (Wildman–Crippen MR) is 125 cm³/mol. The minimum absolute atomic E-state index is 0.0749. The molecule has 196 valence electrons. The molecule has 4 rings (SSSR count). The number of nitrogens with zero attached hydrogens (tertiary/aromatic N) is 6. The fraction of sp³-hybridized carbons (Fsp3) is 0.273. The van der Waals surface area contributed by atoms with E-state index in [0.717, 1.165) is 9.36 Å². The number of hydrogen-bond donors (Lipinski definition) is 2. The molecule has 0 radical (unpaired) electrons. The van der Waals surface area contributed by atoms with Crippen LogP contribution in [0.4, 0.5) is 17.6 Å². The summed E-state index contributed by atoms with van der Waals surface area (Å²) in [5.41, 5.74) is -0.842. The molecule has 0 saturated carbocycles. The van der Waals surface area contributed by atoms with Gasteiger partial charge in [0.15, 0.2) is 29.4 Å². The summed E-state index contributed by atoms with van der Waals surface area (Å²) in [6.45, 7) is -0.191. The van der Waals surface area contributed by atoms with Gasteiger partial charge in [-0.3, -0.25) is 4.57 Å². The molecule has 2 N–H and O–H groups in total. The Bertz CT molecular complexity index is 1480. The fourth-order valence-corrected chi connectivity index (χ4v) is 3.77. The highest BCUT2D eigenvalue weighted by molar-refractivity contribution is 6.31. The van der Waals surface area contributed by atoms with E-state index in [9.17, 15) is 32.6 Å². The molecule has 1 unspecified atom stereocenters. The van der Waals surface area contributed by atoms with Gasteiger partial charge in [0.1, 0.15) is 18.3 Å². The molecule has 4 aromatic rings. The highest BCUT2D eigenvalue weighted by Gasteiger charge is 2.39. The largest absolute Gasteiger partial charge is 0.416 e. The Labute approximate surface area is 216 Å². The molecular formula is C22H18Cl2F4N6O3. The quantitative estimate of drug-likeness (QED) is 0.333. The second-order valence-electron chi connectivity index (χ2n) is 7.99. The zero-order valence-corrected chi connectivity index (χ0v) is 20.4. The topological polar surface area (TPSA) is 111 Å². The van der Waals surface area contributed by atoms with Gasteiger partial charge < -0.3 is 10.2 Å². The standard InChI is InChI=1S/C22H18Cl2F4N6O3/c1-11(35)19-29-17(30-34(19)15-4-2-3-14(24)18(15)25)10-33-21(37)32(9-16(36)22(26,27)28)20(31-33)12-5-7-13(23)8-6-12/h2-8,11,16,35-36H,9-10H2,1H3/t11?,16-/m0/s1. The van der Waals surface area contributed by atoms with Crippen LogP contribution in [0.2, 0.25) is 10.0 Å². The lowest BCUT2D eigenvalue weighted by Gasteiger charge is -2.15. The first-order valence-electron chi connectivity index (χ1n) is 10.6. The van der Waals surface area contributed by atoms with Crippen molar-refractivity contribution in [1.29, 1.82) is 0 Å². The Hall–Kier alpha value is -3.26. The first kappa shape index (κ1) is 26.8. The maximum atomic E-state index is 14.6.